The molecule has 0 aliphatic rings. The van der Waals surface area contributed by atoms with Crippen molar-refractivity contribution in [3.8, 4) is 0 Å². The number of amides is 1. The van der Waals surface area contributed by atoms with E-state index >= 15 is 0 Å². The molecule has 24 heavy (non-hydrogen) atoms. The van der Waals surface area contributed by atoms with Gasteiger partial charge in [0.1, 0.15) is 5.69 Å². The lowest BCUT2D eigenvalue weighted by Gasteiger charge is -2.11. The van der Waals surface area contributed by atoms with Crippen LogP contribution in [0.5, 0.6) is 0 Å². The highest BCUT2D eigenvalue weighted by atomic mass is 16.2. The molecule has 0 unspecified atom stereocenters. The van der Waals surface area contributed by atoms with Crippen LogP contribution >= 0.6 is 0 Å². The SMILES string of the molecule is CN(C)Cc1cccc(NC(=O)c2cc3ccccc3c(=O)[nH]2)c1. The molecule has 5 nitrogen and oxygen atoms in total. The van der Waals surface area contributed by atoms with E-state index in [4.69, 9.17) is 0 Å². The number of benzene rings is 2. The van der Waals surface area contributed by atoms with Gasteiger partial charge in [0.2, 0.25) is 0 Å². The Balaban J connectivity index is 1.86. The molecule has 2 N–H and O–H groups in total. The van der Waals surface area contributed by atoms with Gasteiger partial charge in [-0.05, 0) is 49.3 Å². The molecule has 0 atom stereocenters. The number of carbonyl (C=O) groups excluding carboxylic acids is 1. The molecule has 0 aliphatic carbocycles. The Morgan fingerprint density at radius 2 is 1.88 bits per heavy atom. The van der Waals surface area contributed by atoms with E-state index < -0.39 is 0 Å². The van der Waals surface area contributed by atoms with E-state index in [1.165, 1.54) is 0 Å². The molecule has 3 aromatic rings. The van der Waals surface area contributed by atoms with Crippen LogP contribution in [0.1, 0.15) is 16.1 Å². The lowest BCUT2D eigenvalue weighted by molar-refractivity contribution is 0.102. The number of carbonyl (C=O) groups is 1. The minimum Gasteiger partial charge on any atom is -0.321 e. The topological polar surface area (TPSA) is 65.2 Å². The van der Waals surface area contributed by atoms with Gasteiger partial charge in [-0.15, -0.1) is 0 Å². The van der Waals surface area contributed by atoms with Crippen molar-refractivity contribution in [3.63, 3.8) is 0 Å². The maximum atomic E-state index is 12.5. The molecule has 3 rings (SSSR count). The second-order valence-corrected chi connectivity index (χ2v) is 5.99. The number of anilines is 1. The number of pyridine rings is 1. The smallest absolute Gasteiger partial charge is 0.272 e. The fraction of sp³-hybridized carbons (Fsp3) is 0.158. The van der Waals surface area contributed by atoms with E-state index in [-0.39, 0.29) is 17.2 Å². The summed E-state index contributed by atoms with van der Waals surface area (Å²) in [5, 5.41) is 4.15. The molecule has 2 aromatic carbocycles. The van der Waals surface area contributed by atoms with Crippen molar-refractivity contribution >= 4 is 22.4 Å². The zero-order valence-electron chi connectivity index (χ0n) is 13.7. The third-order valence-corrected chi connectivity index (χ3v) is 3.68. The third-order valence-electron chi connectivity index (χ3n) is 3.68. The Morgan fingerprint density at radius 3 is 2.67 bits per heavy atom. The highest BCUT2D eigenvalue weighted by Crippen LogP contribution is 2.14. The standard InChI is InChI=1S/C19H19N3O2/c1-22(2)12-13-6-5-8-15(10-13)20-19(24)17-11-14-7-3-4-9-16(14)18(23)21-17/h3-11H,12H2,1-2H3,(H,20,24)(H,21,23). The second kappa shape index (κ2) is 6.68. The fourth-order valence-electron chi connectivity index (χ4n) is 2.64. The van der Waals surface area contributed by atoms with Gasteiger partial charge in [-0.1, -0.05) is 30.3 Å². The quantitative estimate of drug-likeness (QED) is 0.776. The molecular formula is C19H19N3O2. The Kier molecular flexibility index (Phi) is 4.44. The van der Waals surface area contributed by atoms with Crippen LogP contribution in [0.4, 0.5) is 5.69 Å². The van der Waals surface area contributed by atoms with Crippen LogP contribution in [-0.4, -0.2) is 29.9 Å². The first kappa shape index (κ1) is 16.0. The summed E-state index contributed by atoms with van der Waals surface area (Å²) in [5.74, 6) is -0.333. The molecule has 0 aliphatic heterocycles. The maximum absolute atomic E-state index is 12.5. The maximum Gasteiger partial charge on any atom is 0.272 e. The van der Waals surface area contributed by atoms with Crippen LogP contribution in [0.15, 0.2) is 59.4 Å². The van der Waals surface area contributed by atoms with Crippen LogP contribution < -0.4 is 10.9 Å². The number of rotatable bonds is 4. The van der Waals surface area contributed by atoms with Crippen molar-refractivity contribution in [2.45, 2.75) is 6.54 Å². The number of H-pyrrole nitrogens is 1. The average Bonchev–Trinajstić information content (AvgIpc) is 2.54. The molecule has 122 valence electrons. The second-order valence-electron chi connectivity index (χ2n) is 5.99. The first-order chi connectivity index (χ1) is 11.5. The molecule has 5 heteroatoms. The summed E-state index contributed by atoms with van der Waals surface area (Å²) < 4.78 is 0. The molecule has 0 fully saturated rings. The van der Waals surface area contributed by atoms with Crippen molar-refractivity contribution in [3.05, 3.63) is 76.2 Å². The molecule has 1 heterocycles. The average molecular weight is 321 g/mol. The highest BCUT2D eigenvalue weighted by Gasteiger charge is 2.10. The van der Waals surface area contributed by atoms with Gasteiger partial charge >= 0.3 is 0 Å². The van der Waals surface area contributed by atoms with Gasteiger partial charge < -0.3 is 15.2 Å². The van der Waals surface area contributed by atoms with Gasteiger partial charge in [-0.25, -0.2) is 0 Å². The van der Waals surface area contributed by atoms with E-state index in [0.29, 0.717) is 11.1 Å². The fourth-order valence-corrected chi connectivity index (χ4v) is 2.64. The third kappa shape index (κ3) is 3.52. The Morgan fingerprint density at radius 1 is 1.08 bits per heavy atom. The first-order valence-electron chi connectivity index (χ1n) is 7.70. The van der Waals surface area contributed by atoms with Crippen molar-refractivity contribution in [2.24, 2.45) is 0 Å². The van der Waals surface area contributed by atoms with E-state index in [1.807, 2.05) is 50.5 Å². The van der Waals surface area contributed by atoms with Gasteiger partial charge in [0, 0.05) is 17.6 Å². The number of hydrogen-bond acceptors (Lipinski definition) is 3. The molecule has 0 saturated heterocycles. The summed E-state index contributed by atoms with van der Waals surface area (Å²) in [4.78, 5) is 29.2. The number of hydrogen-bond donors (Lipinski definition) is 2. The van der Waals surface area contributed by atoms with Gasteiger partial charge in [0.25, 0.3) is 11.5 Å². The molecule has 1 aromatic heterocycles. The molecule has 1 amide bonds. The van der Waals surface area contributed by atoms with Gasteiger partial charge in [0.15, 0.2) is 0 Å². The molecular weight excluding hydrogens is 302 g/mol. The normalized spacial score (nSPS) is 11.0. The van der Waals surface area contributed by atoms with E-state index in [9.17, 15) is 9.59 Å². The lowest BCUT2D eigenvalue weighted by Crippen LogP contribution is -2.19. The van der Waals surface area contributed by atoms with Gasteiger partial charge in [-0.2, -0.15) is 0 Å². The van der Waals surface area contributed by atoms with Crippen LogP contribution in [0.3, 0.4) is 0 Å². The van der Waals surface area contributed by atoms with Crippen molar-refractivity contribution in [1.29, 1.82) is 0 Å². The highest BCUT2D eigenvalue weighted by molar-refractivity contribution is 6.04. The predicted octanol–water partition coefficient (Wildman–Crippen LogP) is 2.84. The lowest BCUT2D eigenvalue weighted by atomic mass is 10.1. The van der Waals surface area contributed by atoms with Crippen LogP contribution in [0, 0.1) is 0 Å². The first-order valence-corrected chi connectivity index (χ1v) is 7.70. The Hall–Kier alpha value is -2.92. The molecule has 0 radical (unpaired) electrons. The van der Waals surface area contributed by atoms with E-state index in [2.05, 4.69) is 15.2 Å². The molecule has 0 spiro atoms. The monoisotopic (exact) mass is 321 g/mol. The minimum absolute atomic E-state index is 0.247. The van der Waals surface area contributed by atoms with E-state index in [0.717, 1.165) is 17.5 Å². The van der Waals surface area contributed by atoms with E-state index in [1.54, 1.807) is 18.2 Å². The van der Waals surface area contributed by atoms with Crippen LogP contribution in [0.25, 0.3) is 10.8 Å². The summed E-state index contributed by atoms with van der Waals surface area (Å²) in [6, 6.07) is 16.6. The van der Waals surface area contributed by atoms with Crippen LogP contribution in [0.2, 0.25) is 0 Å². The Bertz CT molecular complexity index is 944. The number of fused-ring (bicyclic) bond motifs is 1. The van der Waals surface area contributed by atoms with Gasteiger partial charge in [0.05, 0.1) is 0 Å². The molecule has 0 bridgehead atoms. The summed E-state index contributed by atoms with van der Waals surface area (Å²) in [5.41, 5.74) is 1.79. The number of aromatic nitrogens is 1. The largest absolute Gasteiger partial charge is 0.321 e. The number of aromatic amines is 1. The van der Waals surface area contributed by atoms with Gasteiger partial charge in [-0.3, -0.25) is 9.59 Å². The molecule has 0 saturated carbocycles. The minimum atomic E-state index is -0.333. The van der Waals surface area contributed by atoms with Crippen LogP contribution in [-0.2, 0) is 6.54 Å². The zero-order chi connectivity index (χ0) is 17.1. The number of nitrogens with zero attached hydrogens (tertiary/aromatic N) is 1. The Labute approximate surface area is 139 Å². The van der Waals surface area contributed by atoms with Crippen molar-refractivity contribution in [2.75, 3.05) is 19.4 Å². The van der Waals surface area contributed by atoms with Crippen molar-refractivity contribution in [1.82, 2.24) is 9.88 Å². The number of nitrogens with one attached hydrogen (secondary N) is 2. The van der Waals surface area contributed by atoms with Crippen molar-refractivity contribution < 1.29 is 4.79 Å². The summed E-state index contributed by atoms with van der Waals surface area (Å²) in [6.07, 6.45) is 0. The predicted molar refractivity (Wildman–Crippen MR) is 96.4 cm³/mol. The zero-order valence-corrected chi connectivity index (χ0v) is 13.7. The summed E-state index contributed by atoms with van der Waals surface area (Å²) in [7, 11) is 3.98. The summed E-state index contributed by atoms with van der Waals surface area (Å²) in [6.45, 7) is 0.788. The summed E-state index contributed by atoms with van der Waals surface area (Å²) >= 11 is 0.